The molecule has 2 heterocycles. The first-order valence-corrected chi connectivity index (χ1v) is 12.7. The molecule has 5 rings (SSSR count). The Balaban J connectivity index is 1.16. The summed E-state index contributed by atoms with van der Waals surface area (Å²) in [4.78, 5) is 41.7. The van der Waals surface area contributed by atoms with Crippen LogP contribution in [0.3, 0.4) is 0 Å². The van der Waals surface area contributed by atoms with Crippen molar-refractivity contribution in [3.63, 3.8) is 0 Å². The number of carbonyl (C=O) groups is 3. The molecule has 1 fully saturated rings. The maximum Gasteiger partial charge on any atom is 0.348 e. The molecular weight excluding hydrogens is 470 g/mol. The molecule has 2 aliphatic rings. The number of benzene rings is 2. The molecular formula is C29H29N3O5. The highest BCUT2D eigenvalue weighted by atomic mass is 16.5. The fraction of sp³-hybridized carbons (Fsp3) is 0.310. The summed E-state index contributed by atoms with van der Waals surface area (Å²) in [6.07, 6.45) is 6.55. The minimum absolute atomic E-state index is 0.0145. The fourth-order valence-electron chi connectivity index (χ4n) is 4.39. The van der Waals surface area contributed by atoms with E-state index in [2.05, 4.69) is 10.3 Å². The van der Waals surface area contributed by atoms with Gasteiger partial charge in [-0.3, -0.25) is 14.9 Å². The number of carbonyl (C=O) groups excluding carboxylic acids is 3. The number of ether oxygens (including phenoxy) is 1. The monoisotopic (exact) mass is 499 g/mol. The third-order valence-corrected chi connectivity index (χ3v) is 6.53. The number of nitrogens with one attached hydrogen (secondary N) is 1. The van der Waals surface area contributed by atoms with E-state index in [1.807, 2.05) is 65.6 Å². The van der Waals surface area contributed by atoms with Crippen molar-refractivity contribution in [2.45, 2.75) is 51.1 Å². The van der Waals surface area contributed by atoms with E-state index in [0.29, 0.717) is 30.8 Å². The first kappa shape index (κ1) is 24.5. The standard InChI is InChI=1S/C29H29N3O5/c33-27-24(30-29(35)31-27)8-2-1-5-17-36-26-9-4-3-7-22(26)19-32(23-15-16-23)28(34)21-13-11-20(12-14-21)25-10-6-18-37-25/h3-4,6-7,9-14,18,23H,1-2,5,8,15-17,19H2,(H,31,33,35). The van der Waals surface area contributed by atoms with E-state index in [4.69, 9.17) is 9.15 Å². The lowest BCUT2D eigenvalue weighted by Crippen LogP contribution is -2.32. The number of rotatable bonds is 12. The Morgan fingerprint density at radius 1 is 1.00 bits per heavy atom. The van der Waals surface area contributed by atoms with Gasteiger partial charge >= 0.3 is 6.03 Å². The van der Waals surface area contributed by atoms with Crippen molar-refractivity contribution in [3.8, 4) is 17.1 Å². The van der Waals surface area contributed by atoms with Crippen LogP contribution in [0.1, 0.15) is 54.4 Å². The van der Waals surface area contributed by atoms with E-state index < -0.39 is 11.9 Å². The molecule has 2 aromatic carbocycles. The Morgan fingerprint density at radius 2 is 1.81 bits per heavy atom. The minimum atomic E-state index is -0.579. The number of aliphatic imine (C=N–C) groups is 1. The van der Waals surface area contributed by atoms with Gasteiger partial charge in [0.1, 0.15) is 17.2 Å². The normalized spacial score (nSPS) is 14.9. The predicted molar refractivity (Wildman–Crippen MR) is 138 cm³/mol. The third-order valence-electron chi connectivity index (χ3n) is 6.53. The van der Waals surface area contributed by atoms with Crippen LogP contribution < -0.4 is 10.1 Å². The van der Waals surface area contributed by atoms with Gasteiger partial charge in [-0.1, -0.05) is 30.3 Å². The van der Waals surface area contributed by atoms with Crippen LogP contribution in [-0.4, -0.2) is 41.1 Å². The third kappa shape index (κ3) is 6.14. The van der Waals surface area contributed by atoms with Gasteiger partial charge in [-0.05, 0) is 68.9 Å². The fourth-order valence-corrected chi connectivity index (χ4v) is 4.39. The second-order valence-electron chi connectivity index (χ2n) is 9.30. The molecule has 37 heavy (non-hydrogen) atoms. The number of unbranched alkanes of at least 4 members (excludes halogenated alkanes) is 2. The smallest absolute Gasteiger partial charge is 0.348 e. The highest BCUT2D eigenvalue weighted by Gasteiger charge is 2.33. The summed E-state index contributed by atoms with van der Waals surface area (Å²) in [6, 6.07) is 18.8. The molecule has 0 saturated heterocycles. The van der Waals surface area contributed by atoms with E-state index in [0.717, 1.165) is 54.7 Å². The molecule has 3 aromatic rings. The van der Waals surface area contributed by atoms with Crippen molar-refractivity contribution in [1.82, 2.24) is 10.2 Å². The summed E-state index contributed by atoms with van der Waals surface area (Å²) in [5, 5.41) is 2.16. The Morgan fingerprint density at radius 3 is 2.51 bits per heavy atom. The molecule has 190 valence electrons. The van der Waals surface area contributed by atoms with Crippen molar-refractivity contribution in [2.75, 3.05) is 6.61 Å². The Bertz CT molecular complexity index is 1290. The van der Waals surface area contributed by atoms with Crippen molar-refractivity contribution in [1.29, 1.82) is 0 Å². The second kappa shape index (κ2) is 11.2. The van der Waals surface area contributed by atoms with Crippen LogP contribution in [0, 0.1) is 0 Å². The van der Waals surface area contributed by atoms with E-state index >= 15 is 0 Å². The Kier molecular flexibility index (Phi) is 7.44. The Hall–Kier alpha value is -4.20. The van der Waals surface area contributed by atoms with Gasteiger partial charge in [0.05, 0.1) is 12.9 Å². The van der Waals surface area contributed by atoms with Crippen molar-refractivity contribution >= 4 is 23.6 Å². The number of imide groups is 1. The number of para-hydroxylation sites is 1. The Labute approximate surface area is 215 Å². The van der Waals surface area contributed by atoms with Crippen LogP contribution in [0.5, 0.6) is 5.75 Å². The molecule has 1 saturated carbocycles. The molecule has 0 spiro atoms. The number of hydrogen-bond acceptors (Lipinski definition) is 5. The lowest BCUT2D eigenvalue weighted by Gasteiger charge is -2.24. The first-order chi connectivity index (χ1) is 18.1. The molecule has 1 N–H and O–H groups in total. The van der Waals surface area contributed by atoms with Gasteiger partial charge in [0, 0.05) is 29.3 Å². The summed E-state index contributed by atoms with van der Waals surface area (Å²) in [7, 11) is 0. The van der Waals surface area contributed by atoms with E-state index in [-0.39, 0.29) is 11.9 Å². The van der Waals surface area contributed by atoms with Gasteiger partial charge in [0.25, 0.3) is 11.8 Å². The van der Waals surface area contributed by atoms with Gasteiger partial charge in [-0.15, -0.1) is 0 Å². The highest BCUT2D eigenvalue weighted by Crippen LogP contribution is 2.32. The van der Waals surface area contributed by atoms with Crippen LogP contribution in [-0.2, 0) is 11.3 Å². The van der Waals surface area contributed by atoms with Gasteiger partial charge in [-0.25, -0.2) is 4.79 Å². The zero-order valence-corrected chi connectivity index (χ0v) is 20.5. The summed E-state index contributed by atoms with van der Waals surface area (Å²) in [5.41, 5.74) is 2.87. The number of amides is 4. The van der Waals surface area contributed by atoms with Gasteiger partial charge < -0.3 is 14.1 Å². The highest BCUT2D eigenvalue weighted by molar-refractivity contribution is 6.46. The van der Waals surface area contributed by atoms with E-state index in [1.54, 1.807) is 6.26 Å². The van der Waals surface area contributed by atoms with Crippen LogP contribution >= 0.6 is 0 Å². The van der Waals surface area contributed by atoms with Crippen LogP contribution in [0.4, 0.5) is 4.79 Å². The quantitative estimate of drug-likeness (QED) is 0.337. The molecule has 0 unspecified atom stereocenters. The number of nitrogens with zero attached hydrogens (tertiary/aromatic N) is 2. The van der Waals surface area contributed by atoms with Crippen LogP contribution in [0.2, 0.25) is 0 Å². The maximum atomic E-state index is 13.4. The summed E-state index contributed by atoms with van der Waals surface area (Å²) in [6.45, 7) is 1.02. The average Bonchev–Trinajstić information content (AvgIpc) is 3.49. The predicted octanol–water partition coefficient (Wildman–Crippen LogP) is 5.38. The average molecular weight is 500 g/mol. The zero-order chi connectivity index (χ0) is 25.6. The van der Waals surface area contributed by atoms with Crippen LogP contribution in [0.25, 0.3) is 11.3 Å². The molecule has 0 radical (unpaired) electrons. The molecule has 0 atom stereocenters. The number of urea groups is 1. The zero-order valence-electron chi connectivity index (χ0n) is 20.5. The van der Waals surface area contributed by atoms with Crippen molar-refractivity contribution in [3.05, 3.63) is 78.1 Å². The molecule has 8 nitrogen and oxygen atoms in total. The molecule has 1 aromatic heterocycles. The van der Waals surface area contributed by atoms with Gasteiger partial charge in [-0.2, -0.15) is 4.99 Å². The number of hydrogen-bond donors (Lipinski definition) is 1. The molecule has 4 amide bonds. The molecule has 0 bridgehead atoms. The largest absolute Gasteiger partial charge is 0.493 e. The first-order valence-electron chi connectivity index (χ1n) is 12.7. The molecule has 1 aliphatic heterocycles. The minimum Gasteiger partial charge on any atom is -0.493 e. The van der Waals surface area contributed by atoms with E-state index in [9.17, 15) is 14.4 Å². The SMILES string of the molecule is O=C1N=C(CCCCCOc2ccccc2CN(C(=O)c2ccc(-c3ccco3)cc2)C2CC2)C(=O)N1. The molecule has 8 heteroatoms. The second-order valence-corrected chi connectivity index (χ2v) is 9.30. The lowest BCUT2D eigenvalue weighted by atomic mass is 10.1. The number of furan rings is 1. The van der Waals surface area contributed by atoms with Gasteiger partial charge in [0.2, 0.25) is 0 Å². The topological polar surface area (TPSA) is 101 Å². The van der Waals surface area contributed by atoms with E-state index in [1.165, 1.54) is 0 Å². The van der Waals surface area contributed by atoms with Gasteiger partial charge in [0.15, 0.2) is 0 Å². The summed E-state index contributed by atoms with van der Waals surface area (Å²) < 4.78 is 11.5. The lowest BCUT2D eigenvalue weighted by molar-refractivity contribution is -0.113. The summed E-state index contributed by atoms with van der Waals surface area (Å²) >= 11 is 0. The molecule has 1 aliphatic carbocycles. The van der Waals surface area contributed by atoms with Crippen molar-refractivity contribution < 1.29 is 23.5 Å². The summed E-state index contributed by atoms with van der Waals surface area (Å²) in [5.74, 6) is 1.18. The van der Waals surface area contributed by atoms with Crippen LogP contribution in [0.15, 0.2) is 76.3 Å². The van der Waals surface area contributed by atoms with Crippen molar-refractivity contribution in [2.24, 2.45) is 4.99 Å². The maximum absolute atomic E-state index is 13.4.